The fraction of sp³-hybridized carbons (Fsp3) is 0.120. The quantitative estimate of drug-likeness (QED) is 0.286. The summed E-state index contributed by atoms with van der Waals surface area (Å²) < 4.78 is 36.1. The molecule has 1 amide bonds. The minimum absolute atomic E-state index is 0.0166. The zero-order valence-corrected chi connectivity index (χ0v) is 22.4. The first-order chi connectivity index (χ1) is 17.3. The predicted molar refractivity (Wildman–Crippen MR) is 141 cm³/mol. The summed E-state index contributed by atoms with van der Waals surface area (Å²) in [6.45, 7) is 0. The van der Waals surface area contributed by atoms with E-state index in [1.807, 2.05) is 0 Å². The van der Waals surface area contributed by atoms with Crippen molar-refractivity contribution in [1.82, 2.24) is 5.32 Å². The van der Waals surface area contributed by atoms with E-state index in [4.69, 9.17) is 23.2 Å². The molecule has 12 heteroatoms. The smallest absolute Gasteiger partial charge is 0.326 e. The molecule has 0 fully saturated rings. The van der Waals surface area contributed by atoms with Gasteiger partial charge in [0.1, 0.15) is 6.04 Å². The summed E-state index contributed by atoms with van der Waals surface area (Å²) in [5, 5.41) is 11.8. The number of hydrogen-bond donors (Lipinski definition) is 3. The van der Waals surface area contributed by atoms with Crippen molar-refractivity contribution in [2.45, 2.75) is 17.4 Å². The Morgan fingerprint density at radius 1 is 1.03 bits per heavy atom. The van der Waals surface area contributed by atoms with Crippen LogP contribution in [-0.2, 0) is 25.6 Å². The zero-order chi connectivity index (χ0) is 27.4. The highest BCUT2D eigenvalue weighted by Crippen LogP contribution is 2.37. The molecule has 3 aromatic rings. The summed E-state index contributed by atoms with van der Waals surface area (Å²) in [6.07, 6.45) is 0.829. The van der Waals surface area contributed by atoms with Gasteiger partial charge in [-0.1, -0.05) is 59.5 Å². The van der Waals surface area contributed by atoms with Gasteiger partial charge in [0.05, 0.1) is 20.5 Å². The van der Waals surface area contributed by atoms with Crippen LogP contribution in [0.15, 0.2) is 71.6 Å². The first-order valence-corrected chi connectivity index (χ1v) is 14.8. The van der Waals surface area contributed by atoms with Crippen molar-refractivity contribution >= 4 is 57.6 Å². The highest BCUT2D eigenvalue weighted by atomic mass is 35.5. The van der Waals surface area contributed by atoms with Crippen molar-refractivity contribution < 1.29 is 32.6 Å². The second-order valence-electron chi connectivity index (χ2n) is 7.95. The van der Waals surface area contributed by atoms with Crippen molar-refractivity contribution in [3.63, 3.8) is 0 Å². The lowest BCUT2D eigenvalue weighted by Crippen LogP contribution is -2.42. The highest BCUT2D eigenvalue weighted by Gasteiger charge is 2.25. The van der Waals surface area contributed by atoms with Gasteiger partial charge in [-0.15, -0.1) is 0 Å². The Morgan fingerprint density at radius 3 is 2.22 bits per heavy atom. The Hall–Kier alpha value is -3.12. The molecule has 2 atom stereocenters. The molecule has 0 aromatic heterocycles. The van der Waals surface area contributed by atoms with Crippen LogP contribution >= 0.6 is 30.6 Å². The number of nitrogens with one attached hydrogen (secondary N) is 1. The molecule has 192 valence electrons. The minimum atomic E-state index is -3.98. The Balaban J connectivity index is 1.83. The van der Waals surface area contributed by atoms with Crippen LogP contribution in [0.25, 0.3) is 0 Å². The molecule has 2 unspecified atom stereocenters. The molecule has 0 heterocycles. The highest BCUT2D eigenvalue weighted by molar-refractivity contribution is 7.90. The SMILES string of the molecule is CS(=O)(=O)c1cccc(CC(NC(=O)c2c(Cl)cc(C#CP(=O)(O)c3ccccc3)cc2Cl)C(=O)O)c1. The lowest BCUT2D eigenvalue weighted by molar-refractivity contribution is -0.139. The maximum Gasteiger partial charge on any atom is 0.326 e. The number of carboxylic acids is 1. The molecule has 0 aliphatic carbocycles. The third kappa shape index (κ3) is 7.45. The van der Waals surface area contributed by atoms with Crippen LogP contribution in [0.1, 0.15) is 21.5 Å². The number of hydrogen-bond acceptors (Lipinski definition) is 5. The molecule has 3 aromatic carbocycles. The predicted octanol–water partition coefficient (Wildman–Crippen LogP) is 3.73. The fourth-order valence-corrected chi connectivity index (χ4v) is 5.60. The first kappa shape index (κ1) is 28.5. The summed E-state index contributed by atoms with van der Waals surface area (Å²) in [5.74, 6) is 0.303. The molecular weight excluding hydrogens is 560 g/mol. The Morgan fingerprint density at radius 2 is 1.65 bits per heavy atom. The van der Waals surface area contributed by atoms with Gasteiger partial charge < -0.3 is 15.3 Å². The van der Waals surface area contributed by atoms with E-state index in [1.165, 1.54) is 42.5 Å². The fourth-order valence-electron chi connectivity index (χ4n) is 3.27. The number of sulfone groups is 1. The van der Waals surface area contributed by atoms with Gasteiger partial charge in [0.25, 0.3) is 5.91 Å². The number of halogens is 2. The maximum atomic E-state index is 12.9. The topological polar surface area (TPSA) is 138 Å². The number of rotatable bonds is 7. The summed E-state index contributed by atoms with van der Waals surface area (Å²) in [7, 11) is -7.49. The summed E-state index contributed by atoms with van der Waals surface area (Å²) in [5.41, 5.74) is 2.65. The van der Waals surface area contributed by atoms with Gasteiger partial charge in [-0.05, 0) is 47.6 Å². The second kappa shape index (κ2) is 11.5. The first-order valence-electron chi connectivity index (χ1n) is 10.5. The Labute approximate surface area is 223 Å². The van der Waals surface area contributed by atoms with E-state index in [1.54, 1.807) is 24.3 Å². The maximum absolute atomic E-state index is 12.9. The van der Waals surface area contributed by atoms with E-state index in [9.17, 15) is 32.6 Å². The van der Waals surface area contributed by atoms with Crippen LogP contribution in [0.3, 0.4) is 0 Å². The van der Waals surface area contributed by atoms with E-state index >= 15 is 0 Å². The molecule has 0 bridgehead atoms. The molecule has 3 N–H and O–H groups in total. The van der Waals surface area contributed by atoms with Crippen LogP contribution < -0.4 is 10.6 Å². The average Bonchev–Trinajstić information content (AvgIpc) is 2.82. The van der Waals surface area contributed by atoms with Gasteiger partial charge in [0.15, 0.2) is 9.84 Å². The molecule has 0 spiro atoms. The molecule has 37 heavy (non-hydrogen) atoms. The minimum Gasteiger partial charge on any atom is -0.480 e. The Kier molecular flexibility index (Phi) is 8.85. The number of amides is 1. The molecule has 0 saturated heterocycles. The lowest BCUT2D eigenvalue weighted by Gasteiger charge is -2.16. The van der Waals surface area contributed by atoms with Gasteiger partial charge in [0, 0.05) is 23.5 Å². The van der Waals surface area contributed by atoms with Crippen molar-refractivity contribution in [2.24, 2.45) is 0 Å². The number of carboxylic acid groups (broad SMARTS) is 1. The number of benzene rings is 3. The summed E-state index contributed by atoms with van der Waals surface area (Å²) in [4.78, 5) is 34.9. The third-order valence-electron chi connectivity index (χ3n) is 5.10. The monoisotopic (exact) mass is 579 g/mol. The van der Waals surface area contributed by atoms with E-state index in [0.717, 1.165) is 6.26 Å². The van der Waals surface area contributed by atoms with Gasteiger partial charge >= 0.3 is 13.3 Å². The zero-order valence-electron chi connectivity index (χ0n) is 19.2. The van der Waals surface area contributed by atoms with Gasteiger partial charge in [0.2, 0.25) is 0 Å². The van der Waals surface area contributed by atoms with Crippen LogP contribution in [-0.4, -0.2) is 42.6 Å². The number of carbonyl (C=O) groups is 2. The molecule has 8 nitrogen and oxygen atoms in total. The van der Waals surface area contributed by atoms with Crippen LogP contribution in [0.5, 0.6) is 0 Å². The van der Waals surface area contributed by atoms with Crippen LogP contribution in [0.4, 0.5) is 0 Å². The van der Waals surface area contributed by atoms with Gasteiger partial charge in [-0.3, -0.25) is 9.36 Å². The average molecular weight is 580 g/mol. The molecule has 0 aliphatic heterocycles. The van der Waals surface area contributed by atoms with Crippen molar-refractivity contribution in [2.75, 3.05) is 6.26 Å². The van der Waals surface area contributed by atoms with E-state index in [-0.39, 0.29) is 37.8 Å². The van der Waals surface area contributed by atoms with Crippen molar-refractivity contribution in [3.05, 3.63) is 93.5 Å². The molecule has 0 saturated carbocycles. The lowest BCUT2D eigenvalue weighted by atomic mass is 10.0. The van der Waals surface area contributed by atoms with E-state index < -0.39 is 35.1 Å². The number of carbonyl (C=O) groups excluding carboxylic acids is 1. The van der Waals surface area contributed by atoms with Crippen LogP contribution in [0, 0.1) is 11.6 Å². The summed E-state index contributed by atoms with van der Waals surface area (Å²) >= 11 is 12.5. The van der Waals surface area contributed by atoms with Gasteiger partial charge in [-0.25, -0.2) is 13.2 Å². The van der Waals surface area contributed by atoms with E-state index in [2.05, 4.69) is 16.9 Å². The molecular formula is C25H20Cl2NO7PS. The number of aliphatic carboxylic acids is 1. The Bertz CT molecular complexity index is 1560. The van der Waals surface area contributed by atoms with Crippen molar-refractivity contribution in [1.29, 1.82) is 0 Å². The largest absolute Gasteiger partial charge is 0.480 e. The summed E-state index contributed by atoms with van der Waals surface area (Å²) in [6, 6.07) is 14.7. The van der Waals surface area contributed by atoms with Crippen molar-refractivity contribution in [3.8, 4) is 11.6 Å². The molecule has 0 radical (unpaired) electrons. The standard InChI is InChI=1S/C25H20Cl2NO7PS/c1-37(34,35)19-9-5-6-16(12-19)15-22(25(30)31)28-24(29)23-20(26)13-17(14-21(23)27)10-11-36(32,33)18-7-3-2-4-8-18/h2-9,12-14,22H,15H2,1H3,(H,28,29)(H,30,31)(H,32,33). The van der Waals surface area contributed by atoms with Crippen LogP contribution in [0.2, 0.25) is 10.0 Å². The third-order valence-corrected chi connectivity index (χ3v) is 8.22. The van der Waals surface area contributed by atoms with Gasteiger partial charge in [-0.2, -0.15) is 0 Å². The van der Waals surface area contributed by atoms with E-state index in [0.29, 0.717) is 5.56 Å². The second-order valence-corrected chi connectivity index (χ2v) is 12.7. The molecule has 3 rings (SSSR count). The molecule has 0 aliphatic rings. The normalized spacial score (nSPS) is 13.5.